The van der Waals surface area contributed by atoms with E-state index in [2.05, 4.69) is 28.4 Å². The van der Waals surface area contributed by atoms with E-state index in [0.29, 0.717) is 0 Å². The minimum atomic E-state index is -2.66. The Morgan fingerprint density at radius 3 is 1.45 bits per heavy atom. The monoisotopic (exact) mass is 772 g/mol. The van der Waals surface area contributed by atoms with Crippen molar-refractivity contribution in [1.29, 1.82) is 0 Å². The van der Waals surface area contributed by atoms with Gasteiger partial charge in [0.05, 0.1) is 8.07 Å². The number of hydrogen-bond donors (Lipinski definition) is 0. The van der Waals surface area contributed by atoms with Crippen molar-refractivity contribution in [3.05, 3.63) is 0 Å². The third-order valence-electron chi connectivity index (χ3n) is 11.3. The Bertz CT molecular complexity index is 839. The maximum atomic E-state index is 6.58. The molecule has 0 bridgehead atoms. The van der Waals surface area contributed by atoms with Crippen LogP contribution in [0.3, 0.4) is 0 Å². The summed E-state index contributed by atoms with van der Waals surface area (Å²) in [6, 6.07) is 10.3. The molecule has 2 heterocycles. The Hall–Kier alpha value is 0.861. The van der Waals surface area contributed by atoms with Gasteiger partial charge < -0.3 is 44.1 Å². The van der Waals surface area contributed by atoms with E-state index >= 15 is 0 Å². The summed E-state index contributed by atoms with van der Waals surface area (Å²) in [5.74, 6) is 0. The molecule has 0 saturated carbocycles. The van der Waals surface area contributed by atoms with Crippen molar-refractivity contribution in [1.82, 2.24) is 8.80 Å². The summed E-state index contributed by atoms with van der Waals surface area (Å²) in [6.07, 6.45) is 6.97. The van der Waals surface area contributed by atoms with Gasteiger partial charge >= 0.3 is 26.3 Å². The van der Waals surface area contributed by atoms with Crippen molar-refractivity contribution < 1.29 is 39.8 Å². The third-order valence-corrected chi connectivity index (χ3v) is 35.6. The quantitative estimate of drug-likeness (QED) is 0.0927. The lowest BCUT2D eigenvalue weighted by molar-refractivity contribution is 0.123. The molecule has 2 rings (SSSR count). The predicted octanol–water partition coefficient (Wildman–Crippen LogP) is 6.32. The highest BCUT2D eigenvalue weighted by molar-refractivity contribution is 6.89. The lowest BCUT2D eigenvalue weighted by atomic mass is 10.4. The average molecular weight is 773 g/mol. The van der Waals surface area contributed by atoms with E-state index in [1.165, 1.54) is 62.1 Å². The lowest BCUT2D eigenvalue weighted by Gasteiger charge is -2.43. The standard InChI is InChI=1S/C30H72N2O9Si6/c1-33-44(26-15-21-32(44)42(10,11)12)27-16-23-43(24-17-29-46(36-4,37-5)38-6,25-18-30-47(39-7,40-8)41-9)22-13-19-31-20-14-28-45(31,34-2)35-3/h13-30H2,1-12H3. The molecule has 0 radical (unpaired) electrons. The molecule has 2 saturated heterocycles. The van der Waals surface area contributed by atoms with Crippen LogP contribution in [0.5, 0.6) is 0 Å². The second-order valence-corrected chi connectivity index (χ2v) is 38.3. The van der Waals surface area contributed by atoms with Gasteiger partial charge in [-0.05, 0) is 51.0 Å². The molecule has 2 aliphatic heterocycles. The fourth-order valence-electron chi connectivity index (χ4n) is 8.63. The minimum Gasteiger partial charge on any atom is -0.407 e. The van der Waals surface area contributed by atoms with E-state index in [4.69, 9.17) is 39.8 Å². The molecular formula is C30H72N2O9Si6. The molecule has 0 aliphatic carbocycles. The van der Waals surface area contributed by atoms with Gasteiger partial charge in [0.1, 0.15) is 8.24 Å². The summed E-state index contributed by atoms with van der Waals surface area (Å²) < 4.78 is 59.3. The van der Waals surface area contributed by atoms with Crippen molar-refractivity contribution >= 4 is 51.1 Å². The maximum Gasteiger partial charge on any atom is 0.500 e. The minimum absolute atomic E-state index is 0.841. The van der Waals surface area contributed by atoms with Gasteiger partial charge in [-0.1, -0.05) is 63.1 Å². The van der Waals surface area contributed by atoms with E-state index in [0.717, 1.165) is 50.5 Å². The first kappa shape index (κ1) is 44.0. The molecule has 0 spiro atoms. The van der Waals surface area contributed by atoms with Crippen molar-refractivity contribution in [3.8, 4) is 0 Å². The molecule has 0 amide bonds. The first-order valence-corrected chi connectivity index (χ1v) is 32.2. The first-order valence-electron chi connectivity index (χ1n) is 17.8. The first-order chi connectivity index (χ1) is 22.3. The highest BCUT2D eigenvalue weighted by Crippen LogP contribution is 2.40. The Labute approximate surface area is 294 Å². The molecule has 11 nitrogen and oxygen atoms in total. The van der Waals surface area contributed by atoms with E-state index in [1.807, 2.05) is 21.3 Å². The number of rotatable bonds is 26. The third kappa shape index (κ3) is 11.4. The smallest absolute Gasteiger partial charge is 0.407 e. The molecule has 0 aromatic heterocycles. The van der Waals surface area contributed by atoms with Crippen LogP contribution in [0.25, 0.3) is 0 Å². The second-order valence-electron chi connectivity index (χ2n) is 14.5. The van der Waals surface area contributed by atoms with Crippen LogP contribution >= 0.6 is 0 Å². The van der Waals surface area contributed by atoms with Crippen LogP contribution in [-0.4, -0.2) is 144 Å². The summed E-state index contributed by atoms with van der Waals surface area (Å²) in [5, 5.41) is 0. The van der Waals surface area contributed by atoms with Crippen LogP contribution < -0.4 is 0 Å². The number of hydrogen-bond acceptors (Lipinski definition) is 11. The molecular weight excluding hydrogens is 701 g/mol. The van der Waals surface area contributed by atoms with E-state index in [1.54, 1.807) is 42.7 Å². The van der Waals surface area contributed by atoms with E-state index in [9.17, 15) is 0 Å². The summed E-state index contributed by atoms with van der Waals surface area (Å²) in [7, 11) is 3.25. The zero-order valence-corrected chi connectivity index (χ0v) is 38.3. The van der Waals surface area contributed by atoms with Crippen LogP contribution in [0.15, 0.2) is 0 Å². The SMILES string of the molecule is CO[Si](CCC[Si](CCCN1CCC[Si]1(OC)OC)(CCC[Si](OC)(OC)OC)CCC[Si]1(OC)CCCN1[Si](C)(C)C)(OC)OC. The van der Waals surface area contributed by atoms with Crippen molar-refractivity contribution in [2.75, 3.05) is 83.6 Å². The molecule has 17 heteroatoms. The van der Waals surface area contributed by atoms with Crippen LogP contribution in [0.2, 0.25) is 74.0 Å². The molecule has 1 unspecified atom stereocenters. The maximum absolute atomic E-state index is 6.58. The van der Waals surface area contributed by atoms with Gasteiger partial charge in [-0.15, -0.1) is 0 Å². The zero-order valence-electron chi connectivity index (χ0n) is 32.3. The fourth-order valence-corrected chi connectivity index (χ4v) is 31.4. The molecule has 0 aromatic carbocycles. The molecule has 47 heavy (non-hydrogen) atoms. The van der Waals surface area contributed by atoms with Crippen LogP contribution in [-0.2, 0) is 39.8 Å². The molecule has 1 atom stereocenters. The van der Waals surface area contributed by atoms with Gasteiger partial charge in [0.15, 0.2) is 0 Å². The topological polar surface area (TPSA) is 89.6 Å². The van der Waals surface area contributed by atoms with Crippen molar-refractivity contribution in [2.45, 2.75) is 113 Å². The van der Waals surface area contributed by atoms with Gasteiger partial charge in [0.25, 0.3) is 8.48 Å². The highest BCUT2D eigenvalue weighted by atomic mass is 28.4. The van der Waals surface area contributed by atoms with Gasteiger partial charge in [0.2, 0.25) is 0 Å². The van der Waals surface area contributed by atoms with Crippen LogP contribution in [0, 0.1) is 0 Å². The Morgan fingerprint density at radius 1 is 0.532 bits per heavy atom. The molecule has 0 N–H and O–H groups in total. The van der Waals surface area contributed by atoms with Crippen molar-refractivity contribution in [2.24, 2.45) is 0 Å². The normalized spacial score (nSPS) is 21.7. The van der Waals surface area contributed by atoms with Gasteiger partial charge in [0, 0.05) is 82.1 Å². The Kier molecular flexibility index (Phi) is 18.9. The van der Waals surface area contributed by atoms with Gasteiger partial charge in [-0.3, -0.25) is 4.57 Å². The Balaban J connectivity index is 2.36. The summed E-state index contributed by atoms with van der Waals surface area (Å²) >= 11 is 0. The molecule has 280 valence electrons. The lowest BCUT2D eigenvalue weighted by Crippen LogP contribution is -2.61. The second kappa shape index (κ2) is 20.2. The summed E-state index contributed by atoms with van der Waals surface area (Å²) in [5.41, 5.74) is 0. The Morgan fingerprint density at radius 2 is 1.00 bits per heavy atom. The molecule has 2 fully saturated rings. The van der Waals surface area contributed by atoms with Crippen LogP contribution in [0.4, 0.5) is 0 Å². The predicted molar refractivity (Wildman–Crippen MR) is 204 cm³/mol. The average Bonchev–Trinajstić information content (AvgIpc) is 3.70. The van der Waals surface area contributed by atoms with Crippen molar-refractivity contribution in [3.63, 3.8) is 0 Å². The highest BCUT2D eigenvalue weighted by Gasteiger charge is 2.51. The number of nitrogens with zero attached hydrogens (tertiary/aromatic N) is 2. The zero-order chi connectivity index (χ0) is 35.2. The van der Waals surface area contributed by atoms with Gasteiger partial charge in [-0.25, -0.2) is 0 Å². The largest absolute Gasteiger partial charge is 0.500 e. The van der Waals surface area contributed by atoms with E-state index < -0.39 is 51.1 Å². The molecule has 2 aliphatic rings. The summed E-state index contributed by atoms with van der Waals surface area (Å²) in [4.78, 5) is 0. The van der Waals surface area contributed by atoms with E-state index in [-0.39, 0.29) is 0 Å². The molecule has 0 aromatic rings. The fraction of sp³-hybridized carbons (Fsp3) is 1.00. The van der Waals surface area contributed by atoms with Gasteiger partial charge in [-0.2, -0.15) is 0 Å². The van der Waals surface area contributed by atoms with Crippen LogP contribution in [0.1, 0.15) is 38.5 Å². The summed E-state index contributed by atoms with van der Waals surface area (Å²) in [6.45, 7) is 10.8.